The van der Waals surface area contributed by atoms with Crippen LogP contribution in [0.25, 0.3) is 0 Å². The topological polar surface area (TPSA) is 83.8 Å². The molecule has 2 unspecified atom stereocenters. The lowest BCUT2D eigenvalue weighted by molar-refractivity contribution is -0.122. The van der Waals surface area contributed by atoms with Gasteiger partial charge in [0.25, 0.3) is 0 Å². The maximum absolute atomic E-state index is 12.0. The molecule has 2 aromatic rings. The standard InChI is InChI=1S/C15H20N4O/c1-10(12-3-5-14(16)6-4-12)7-15(20)19-11(2)13-8-17-18-9-13/h3-6,8-11H,7,16H2,1-2H3,(H,17,18)(H,19,20). The van der Waals surface area contributed by atoms with Gasteiger partial charge in [0.05, 0.1) is 12.2 Å². The van der Waals surface area contributed by atoms with Crippen molar-refractivity contribution in [2.75, 3.05) is 5.73 Å². The van der Waals surface area contributed by atoms with E-state index in [4.69, 9.17) is 5.73 Å². The number of aromatic nitrogens is 2. The minimum Gasteiger partial charge on any atom is -0.399 e. The van der Waals surface area contributed by atoms with Gasteiger partial charge in [0.1, 0.15) is 0 Å². The zero-order valence-electron chi connectivity index (χ0n) is 11.8. The first-order valence-electron chi connectivity index (χ1n) is 6.69. The highest BCUT2D eigenvalue weighted by Gasteiger charge is 2.14. The molecule has 0 aliphatic rings. The minimum absolute atomic E-state index is 0.0306. The van der Waals surface area contributed by atoms with Crippen LogP contribution in [0, 0.1) is 0 Å². The third kappa shape index (κ3) is 3.60. The number of hydrogen-bond donors (Lipinski definition) is 3. The molecule has 0 spiro atoms. The van der Waals surface area contributed by atoms with Crippen LogP contribution >= 0.6 is 0 Å². The van der Waals surface area contributed by atoms with Crippen molar-refractivity contribution in [2.45, 2.75) is 32.2 Å². The first-order valence-corrected chi connectivity index (χ1v) is 6.69. The van der Waals surface area contributed by atoms with Crippen LogP contribution in [0.15, 0.2) is 36.7 Å². The molecule has 5 heteroatoms. The molecule has 5 nitrogen and oxygen atoms in total. The van der Waals surface area contributed by atoms with Gasteiger partial charge in [-0.25, -0.2) is 0 Å². The van der Waals surface area contributed by atoms with Gasteiger partial charge in [0.2, 0.25) is 5.91 Å². The summed E-state index contributed by atoms with van der Waals surface area (Å²) in [5, 5.41) is 9.59. The number of nitrogens with one attached hydrogen (secondary N) is 2. The number of hydrogen-bond acceptors (Lipinski definition) is 3. The highest BCUT2D eigenvalue weighted by Crippen LogP contribution is 2.20. The van der Waals surface area contributed by atoms with Gasteiger partial charge in [-0.1, -0.05) is 19.1 Å². The van der Waals surface area contributed by atoms with Crippen LogP contribution in [-0.2, 0) is 4.79 Å². The predicted molar refractivity (Wildman–Crippen MR) is 79.0 cm³/mol. The third-order valence-electron chi connectivity index (χ3n) is 3.39. The van der Waals surface area contributed by atoms with Crippen molar-refractivity contribution in [1.29, 1.82) is 0 Å². The summed E-state index contributed by atoms with van der Waals surface area (Å²) in [6, 6.07) is 7.61. The quantitative estimate of drug-likeness (QED) is 0.731. The number of anilines is 1. The Kier molecular flexibility index (Phi) is 4.40. The molecule has 0 saturated heterocycles. The number of nitrogens with two attached hydrogens (primary N) is 1. The molecule has 1 amide bonds. The Balaban J connectivity index is 1.89. The van der Waals surface area contributed by atoms with Crippen molar-refractivity contribution in [2.24, 2.45) is 0 Å². The summed E-state index contributed by atoms with van der Waals surface area (Å²) in [6.45, 7) is 3.98. The monoisotopic (exact) mass is 272 g/mol. The molecular weight excluding hydrogens is 252 g/mol. The number of nitrogen functional groups attached to an aromatic ring is 1. The molecule has 0 bridgehead atoms. The molecule has 0 saturated carbocycles. The molecule has 2 atom stereocenters. The van der Waals surface area contributed by atoms with E-state index in [0.29, 0.717) is 6.42 Å². The number of carbonyl (C=O) groups excluding carboxylic acids is 1. The number of benzene rings is 1. The van der Waals surface area contributed by atoms with Crippen LogP contribution in [0.3, 0.4) is 0 Å². The summed E-state index contributed by atoms with van der Waals surface area (Å²) in [5.74, 6) is 0.190. The maximum Gasteiger partial charge on any atom is 0.221 e. The summed E-state index contributed by atoms with van der Waals surface area (Å²) in [7, 11) is 0. The summed E-state index contributed by atoms with van der Waals surface area (Å²) in [4.78, 5) is 12.0. The lowest BCUT2D eigenvalue weighted by atomic mass is 9.97. The highest BCUT2D eigenvalue weighted by atomic mass is 16.1. The van der Waals surface area contributed by atoms with Crippen molar-refractivity contribution in [3.8, 4) is 0 Å². The van der Waals surface area contributed by atoms with E-state index >= 15 is 0 Å². The van der Waals surface area contributed by atoms with Gasteiger partial charge < -0.3 is 11.1 Å². The van der Waals surface area contributed by atoms with Gasteiger partial charge in [0, 0.05) is 23.9 Å². The molecule has 2 rings (SSSR count). The van der Waals surface area contributed by atoms with Gasteiger partial charge in [-0.2, -0.15) is 5.10 Å². The molecule has 0 radical (unpaired) electrons. The van der Waals surface area contributed by atoms with Gasteiger partial charge in [-0.05, 0) is 30.5 Å². The SMILES string of the molecule is CC(CC(=O)NC(C)c1cn[nH]c1)c1ccc(N)cc1. The molecule has 1 aromatic carbocycles. The normalized spacial score (nSPS) is 13.7. The van der Waals surface area contributed by atoms with Crippen molar-refractivity contribution >= 4 is 11.6 Å². The van der Waals surface area contributed by atoms with E-state index in [0.717, 1.165) is 16.8 Å². The van der Waals surface area contributed by atoms with Crippen molar-refractivity contribution in [3.05, 3.63) is 47.8 Å². The summed E-state index contributed by atoms with van der Waals surface area (Å²) in [6.07, 6.45) is 3.95. The highest BCUT2D eigenvalue weighted by molar-refractivity contribution is 5.77. The van der Waals surface area contributed by atoms with E-state index in [-0.39, 0.29) is 17.9 Å². The summed E-state index contributed by atoms with van der Waals surface area (Å²) in [5.41, 5.74) is 8.48. The largest absolute Gasteiger partial charge is 0.399 e. The first kappa shape index (κ1) is 14.1. The second-order valence-electron chi connectivity index (χ2n) is 5.09. The molecule has 0 aliphatic carbocycles. The number of carbonyl (C=O) groups is 1. The lowest BCUT2D eigenvalue weighted by Gasteiger charge is -2.15. The fourth-order valence-electron chi connectivity index (χ4n) is 2.10. The summed E-state index contributed by atoms with van der Waals surface area (Å²) >= 11 is 0. The molecular formula is C15H20N4O. The van der Waals surface area contributed by atoms with E-state index in [1.54, 1.807) is 12.4 Å². The third-order valence-corrected chi connectivity index (χ3v) is 3.39. The Morgan fingerprint density at radius 2 is 2.00 bits per heavy atom. The number of aromatic amines is 1. The van der Waals surface area contributed by atoms with Crippen LogP contribution in [0.4, 0.5) is 5.69 Å². The Morgan fingerprint density at radius 1 is 1.30 bits per heavy atom. The Hall–Kier alpha value is -2.30. The molecule has 1 aromatic heterocycles. The second kappa shape index (κ2) is 6.23. The van der Waals surface area contributed by atoms with Crippen LogP contribution < -0.4 is 11.1 Å². The number of H-pyrrole nitrogens is 1. The molecule has 106 valence electrons. The van der Waals surface area contributed by atoms with Crippen LogP contribution in [0.5, 0.6) is 0 Å². The fraction of sp³-hybridized carbons (Fsp3) is 0.333. The van der Waals surface area contributed by atoms with E-state index in [2.05, 4.69) is 15.5 Å². The van der Waals surface area contributed by atoms with E-state index in [1.807, 2.05) is 38.1 Å². The Bertz CT molecular complexity index is 548. The smallest absolute Gasteiger partial charge is 0.221 e. The van der Waals surface area contributed by atoms with Crippen molar-refractivity contribution < 1.29 is 4.79 Å². The van der Waals surface area contributed by atoms with Gasteiger partial charge >= 0.3 is 0 Å². The van der Waals surface area contributed by atoms with E-state index < -0.39 is 0 Å². The molecule has 1 heterocycles. The van der Waals surface area contributed by atoms with E-state index in [1.165, 1.54) is 0 Å². The zero-order valence-corrected chi connectivity index (χ0v) is 11.8. The molecule has 20 heavy (non-hydrogen) atoms. The van der Waals surface area contributed by atoms with E-state index in [9.17, 15) is 4.79 Å². The fourth-order valence-corrected chi connectivity index (χ4v) is 2.10. The lowest BCUT2D eigenvalue weighted by Crippen LogP contribution is -2.27. The Morgan fingerprint density at radius 3 is 2.60 bits per heavy atom. The van der Waals surface area contributed by atoms with Crippen LogP contribution in [-0.4, -0.2) is 16.1 Å². The van der Waals surface area contributed by atoms with Gasteiger partial charge in [-0.15, -0.1) is 0 Å². The first-order chi connectivity index (χ1) is 9.56. The van der Waals surface area contributed by atoms with Gasteiger partial charge in [-0.3, -0.25) is 9.89 Å². The number of rotatable bonds is 5. The zero-order chi connectivity index (χ0) is 14.5. The Labute approximate surface area is 118 Å². The van der Waals surface area contributed by atoms with Crippen LogP contribution in [0.2, 0.25) is 0 Å². The van der Waals surface area contributed by atoms with Crippen LogP contribution in [0.1, 0.15) is 43.4 Å². The number of nitrogens with zero attached hydrogens (tertiary/aromatic N) is 1. The average molecular weight is 272 g/mol. The number of amides is 1. The maximum atomic E-state index is 12.0. The predicted octanol–water partition coefficient (Wildman–Crippen LogP) is 2.36. The van der Waals surface area contributed by atoms with Crippen molar-refractivity contribution in [3.63, 3.8) is 0 Å². The summed E-state index contributed by atoms with van der Waals surface area (Å²) < 4.78 is 0. The second-order valence-corrected chi connectivity index (χ2v) is 5.09. The van der Waals surface area contributed by atoms with Crippen molar-refractivity contribution in [1.82, 2.24) is 15.5 Å². The minimum atomic E-state index is -0.0418. The molecule has 0 aliphatic heterocycles. The van der Waals surface area contributed by atoms with Gasteiger partial charge in [0.15, 0.2) is 0 Å². The molecule has 0 fully saturated rings. The average Bonchev–Trinajstić information content (AvgIpc) is 2.93. The molecule has 4 N–H and O–H groups in total.